The summed E-state index contributed by atoms with van der Waals surface area (Å²) < 4.78 is 35.8. The van der Waals surface area contributed by atoms with Crippen LogP contribution in [0.2, 0.25) is 0 Å². The zero-order valence-corrected chi connectivity index (χ0v) is 17.4. The fourth-order valence-electron chi connectivity index (χ4n) is 3.04. The SMILES string of the molecule is COc1c(C(=O)C=Cc2ccc(F)cc2)c(OCCN(C)C)c(OC)c2occc12. The standard InChI is InChI=1S/C23H24FNO5/c1-25(2)12-14-30-22-19(18(26)10-7-15-5-8-16(24)9-6-15)20(27-3)17-11-13-29-21(17)23(22)28-4/h5-11,13H,12,14H2,1-4H3. The number of carbonyl (C=O) groups is 1. The molecule has 0 spiro atoms. The second-order valence-electron chi connectivity index (χ2n) is 6.83. The number of benzene rings is 2. The molecular weight excluding hydrogens is 389 g/mol. The quantitative estimate of drug-likeness (QED) is 0.382. The first-order chi connectivity index (χ1) is 14.5. The largest absolute Gasteiger partial charge is 0.495 e. The number of ketones is 1. The van der Waals surface area contributed by atoms with Gasteiger partial charge in [0, 0.05) is 6.54 Å². The Morgan fingerprint density at radius 3 is 2.40 bits per heavy atom. The van der Waals surface area contributed by atoms with Gasteiger partial charge < -0.3 is 23.5 Å². The van der Waals surface area contributed by atoms with E-state index in [-0.39, 0.29) is 22.9 Å². The highest BCUT2D eigenvalue weighted by molar-refractivity contribution is 6.15. The van der Waals surface area contributed by atoms with E-state index in [1.165, 1.54) is 38.7 Å². The third-order valence-corrected chi connectivity index (χ3v) is 4.51. The second-order valence-corrected chi connectivity index (χ2v) is 6.83. The maximum Gasteiger partial charge on any atom is 0.205 e. The first-order valence-electron chi connectivity index (χ1n) is 9.37. The van der Waals surface area contributed by atoms with Crippen LogP contribution in [0.1, 0.15) is 15.9 Å². The summed E-state index contributed by atoms with van der Waals surface area (Å²) in [5.74, 6) is 0.248. The first kappa shape index (κ1) is 21.4. The molecule has 158 valence electrons. The van der Waals surface area contributed by atoms with Crippen LogP contribution in [0.5, 0.6) is 17.2 Å². The van der Waals surface area contributed by atoms with E-state index in [0.29, 0.717) is 41.2 Å². The fraction of sp³-hybridized carbons (Fsp3) is 0.261. The van der Waals surface area contributed by atoms with E-state index in [1.807, 2.05) is 19.0 Å². The van der Waals surface area contributed by atoms with Crippen LogP contribution >= 0.6 is 0 Å². The molecule has 1 aromatic heterocycles. The summed E-state index contributed by atoms with van der Waals surface area (Å²) in [6.45, 7) is 0.974. The van der Waals surface area contributed by atoms with Gasteiger partial charge in [-0.25, -0.2) is 4.39 Å². The lowest BCUT2D eigenvalue weighted by Crippen LogP contribution is -2.20. The van der Waals surface area contributed by atoms with Gasteiger partial charge in [-0.2, -0.15) is 0 Å². The third kappa shape index (κ3) is 4.46. The predicted molar refractivity (Wildman–Crippen MR) is 113 cm³/mol. The number of allylic oxidation sites excluding steroid dienone is 1. The molecule has 0 bridgehead atoms. The van der Waals surface area contributed by atoms with Crippen LogP contribution in [-0.2, 0) is 0 Å². The smallest absolute Gasteiger partial charge is 0.205 e. The van der Waals surface area contributed by atoms with Gasteiger partial charge in [0.25, 0.3) is 0 Å². The normalized spacial score (nSPS) is 11.4. The van der Waals surface area contributed by atoms with Gasteiger partial charge in [0.15, 0.2) is 17.1 Å². The van der Waals surface area contributed by atoms with Gasteiger partial charge in [-0.1, -0.05) is 18.2 Å². The Morgan fingerprint density at radius 1 is 1.07 bits per heavy atom. The maximum atomic E-state index is 13.2. The Morgan fingerprint density at radius 2 is 1.77 bits per heavy atom. The highest BCUT2D eigenvalue weighted by Crippen LogP contribution is 2.46. The molecule has 0 radical (unpaired) electrons. The number of fused-ring (bicyclic) bond motifs is 1. The number of ether oxygens (including phenoxy) is 3. The molecule has 1 heterocycles. The van der Waals surface area contributed by atoms with Crippen LogP contribution in [-0.4, -0.2) is 52.1 Å². The fourth-order valence-corrected chi connectivity index (χ4v) is 3.04. The zero-order valence-electron chi connectivity index (χ0n) is 17.4. The Labute approximate surface area is 174 Å². The number of nitrogens with zero attached hydrogens (tertiary/aromatic N) is 1. The van der Waals surface area contributed by atoms with Crippen molar-refractivity contribution in [3.63, 3.8) is 0 Å². The monoisotopic (exact) mass is 413 g/mol. The Hall–Kier alpha value is -3.32. The lowest BCUT2D eigenvalue weighted by molar-refractivity contribution is 0.104. The number of rotatable bonds is 9. The minimum absolute atomic E-state index is 0.236. The minimum atomic E-state index is -0.341. The van der Waals surface area contributed by atoms with Crippen molar-refractivity contribution in [2.24, 2.45) is 0 Å². The number of likely N-dealkylation sites (N-methyl/N-ethyl adjacent to an activating group) is 1. The Bertz CT molecular complexity index is 1050. The average molecular weight is 413 g/mol. The number of carbonyl (C=O) groups excluding carboxylic acids is 1. The molecule has 7 heteroatoms. The molecule has 0 atom stereocenters. The molecule has 30 heavy (non-hydrogen) atoms. The second kappa shape index (κ2) is 9.45. The van der Waals surface area contributed by atoms with Crippen molar-refractivity contribution >= 4 is 22.8 Å². The van der Waals surface area contributed by atoms with E-state index in [4.69, 9.17) is 18.6 Å². The summed E-state index contributed by atoms with van der Waals surface area (Å²) in [6.07, 6.45) is 4.51. The molecule has 0 amide bonds. The van der Waals surface area contributed by atoms with Gasteiger partial charge in [0.1, 0.15) is 23.7 Å². The van der Waals surface area contributed by atoms with Crippen LogP contribution in [0, 0.1) is 5.82 Å². The molecule has 0 aliphatic heterocycles. The molecule has 2 aromatic carbocycles. The summed E-state index contributed by atoms with van der Waals surface area (Å²) in [7, 11) is 6.83. The van der Waals surface area contributed by atoms with Crippen molar-refractivity contribution in [2.45, 2.75) is 0 Å². The number of methoxy groups -OCH3 is 2. The van der Waals surface area contributed by atoms with Crippen molar-refractivity contribution in [3.8, 4) is 17.2 Å². The summed E-state index contributed by atoms with van der Waals surface area (Å²) in [4.78, 5) is 15.2. The molecule has 0 unspecified atom stereocenters. The predicted octanol–water partition coefficient (Wildman–Crippen LogP) is 4.43. The van der Waals surface area contributed by atoms with Gasteiger partial charge in [0.2, 0.25) is 5.75 Å². The summed E-state index contributed by atoms with van der Waals surface area (Å²) >= 11 is 0. The van der Waals surface area contributed by atoms with E-state index >= 15 is 0 Å². The lowest BCUT2D eigenvalue weighted by Gasteiger charge is -2.18. The number of hydrogen-bond donors (Lipinski definition) is 0. The zero-order chi connectivity index (χ0) is 21.7. The third-order valence-electron chi connectivity index (χ3n) is 4.51. The highest BCUT2D eigenvalue weighted by Gasteiger charge is 2.28. The number of halogens is 1. The lowest BCUT2D eigenvalue weighted by atomic mass is 10.0. The van der Waals surface area contributed by atoms with Crippen LogP contribution in [0.25, 0.3) is 17.0 Å². The van der Waals surface area contributed by atoms with Crippen molar-refractivity contribution in [1.29, 1.82) is 0 Å². The molecule has 3 aromatic rings. The molecule has 0 saturated carbocycles. The van der Waals surface area contributed by atoms with Gasteiger partial charge >= 0.3 is 0 Å². The topological polar surface area (TPSA) is 61.1 Å². The van der Waals surface area contributed by atoms with Crippen molar-refractivity contribution < 1.29 is 27.8 Å². The van der Waals surface area contributed by atoms with Crippen LogP contribution in [0.15, 0.2) is 47.1 Å². The summed E-state index contributed by atoms with van der Waals surface area (Å²) in [5, 5.41) is 0.604. The van der Waals surface area contributed by atoms with Crippen molar-refractivity contribution in [2.75, 3.05) is 41.5 Å². The molecule has 0 saturated heterocycles. The maximum absolute atomic E-state index is 13.2. The van der Waals surface area contributed by atoms with Gasteiger partial charge in [0.05, 0.1) is 25.9 Å². The summed E-state index contributed by atoms with van der Waals surface area (Å²) in [5.41, 5.74) is 1.36. The van der Waals surface area contributed by atoms with Gasteiger partial charge in [-0.05, 0) is 43.9 Å². The van der Waals surface area contributed by atoms with Crippen molar-refractivity contribution in [1.82, 2.24) is 4.90 Å². The molecule has 0 aliphatic rings. The minimum Gasteiger partial charge on any atom is -0.495 e. The number of hydrogen-bond acceptors (Lipinski definition) is 6. The van der Waals surface area contributed by atoms with Crippen LogP contribution < -0.4 is 14.2 Å². The van der Waals surface area contributed by atoms with E-state index in [2.05, 4.69) is 0 Å². The van der Waals surface area contributed by atoms with Gasteiger partial charge in [-0.15, -0.1) is 0 Å². The molecule has 0 N–H and O–H groups in total. The number of furan rings is 1. The van der Waals surface area contributed by atoms with Gasteiger partial charge in [-0.3, -0.25) is 4.79 Å². The first-order valence-corrected chi connectivity index (χ1v) is 9.37. The molecule has 0 fully saturated rings. The van der Waals surface area contributed by atoms with Crippen LogP contribution in [0.4, 0.5) is 4.39 Å². The van der Waals surface area contributed by atoms with Crippen LogP contribution in [0.3, 0.4) is 0 Å². The molecule has 6 nitrogen and oxygen atoms in total. The van der Waals surface area contributed by atoms with Crippen molar-refractivity contribution in [3.05, 3.63) is 59.6 Å². The van der Waals surface area contributed by atoms with E-state index < -0.39 is 0 Å². The molecular formula is C23H24FNO5. The van der Waals surface area contributed by atoms with E-state index in [9.17, 15) is 9.18 Å². The van der Waals surface area contributed by atoms with E-state index in [1.54, 1.807) is 24.3 Å². The molecule has 0 aliphatic carbocycles. The average Bonchev–Trinajstić information content (AvgIpc) is 3.21. The summed E-state index contributed by atoms with van der Waals surface area (Å²) in [6, 6.07) is 7.55. The highest BCUT2D eigenvalue weighted by atomic mass is 19.1. The van der Waals surface area contributed by atoms with E-state index in [0.717, 1.165) is 0 Å². The Balaban J connectivity index is 2.09. The molecule has 3 rings (SSSR count). The Kier molecular flexibility index (Phi) is 6.74.